The highest BCUT2D eigenvalue weighted by atomic mass is 16.2. The fraction of sp³-hybridized carbons (Fsp3) is 0.579. The van der Waals surface area contributed by atoms with Crippen molar-refractivity contribution in [3.8, 4) is 0 Å². The zero-order chi connectivity index (χ0) is 18.1. The molecule has 3 N–H and O–H groups in total. The Balaban J connectivity index is 2.67. The summed E-state index contributed by atoms with van der Waals surface area (Å²) in [6, 6.07) is 8.19. The minimum absolute atomic E-state index is 0.0657. The van der Waals surface area contributed by atoms with Crippen LogP contribution in [0.3, 0.4) is 0 Å². The number of hydrogen-bond acceptors (Lipinski definition) is 3. The monoisotopic (exact) mass is 333 g/mol. The quantitative estimate of drug-likeness (QED) is 0.683. The summed E-state index contributed by atoms with van der Waals surface area (Å²) < 4.78 is 0. The number of hydrogen-bond donors (Lipinski definition) is 3. The summed E-state index contributed by atoms with van der Waals surface area (Å²) in [5, 5.41) is 8.10. The van der Waals surface area contributed by atoms with E-state index in [0.29, 0.717) is 18.4 Å². The van der Waals surface area contributed by atoms with E-state index in [1.165, 1.54) is 5.56 Å². The SMILES string of the molecule is CCNC(=O)NC(=O)CN[C@H](c1ccc([C@H](C)CC)cc1)C(C)C. The first-order chi connectivity index (χ1) is 11.4. The summed E-state index contributed by atoms with van der Waals surface area (Å²) in [5.41, 5.74) is 2.49. The summed E-state index contributed by atoms with van der Waals surface area (Å²) in [7, 11) is 0. The number of benzene rings is 1. The van der Waals surface area contributed by atoms with Crippen molar-refractivity contribution in [2.75, 3.05) is 13.1 Å². The zero-order valence-corrected chi connectivity index (χ0v) is 15.5. The normalized spacial score (nSPS) is 13.4. The number of urea groups is 1. The Morgan fingerprint density at radius 3 is 2.08 bits per heavy atom. The minimum Gasteiger partial charge on any atom is -0.338 e. The molecule has 1 aromatic rings. The number of amides is 3. The van der Waals surface area contributed by atoms with Gasteiger partial charge in [-0.3, -0.25) is 10.1 Å². The fourth-order valence-electron chi connectivity index (χ4n) is 2.58. The van der Waals surface area contributed by atoms with Gasteiger partial charge in [0.15, 0.2) is 0 Å². The van der Waals surface area contributed by atoms with E-state index in [1.54, 1.807) is 6.92 Å². The van der Waals surface area contributed by atoms with Crippen molar-refractivity contribution in [3.63, 3.8) is 0 Å². The van der Waals surface area contributed by atoms with Crippen LogP contribution in [0.15, 0.2) is 24.3 Å². The molecule has 0 radical (unpaired) electrons. The van der Waals surface area contributed by atoms with E-state index in [2.05, 4.69) is 67.9 Å². The van der Waals surface area contributed by atoms with Gasteiger partial charge < -0.3 is 10.6 Å². The van der Waals surface area contributed by atoms with Crippen molar-refractivity contribution in [2.24, 2.45) is 5.92 Å². The van der Waals surface area contributed by atoms with Gasteiger partial charge in [0.25, 0.3) is 0 Å². The first-order valence-corrected chi connectivity index (χ1v) is 8.79. The van der Waals surface area contributed by atoms with Crippen LogP contribution in [0.2, 0.25) is 0 Å². The Labute approximate surface area is 145 Å². The van der Waals surface area contributed by atoms with Gasteiger partial charge in [-0.05, 0) is 36.3 Å². The number of carbonyl (C=O) groups is 2. The van der Waals surface area contributed by atoms with Gasteiger partial charge in [0, 0.05) is 12.6 Å². The Morgan fingerprint density at radius 2 is 1.58 bits per heavy atom. The molecule has 0 bridgehead atoms. The van der Waals surface area contributed by atoms with Crippen LogP contribution in [0.25, 0.3) is 0 Å². The first-order valence-electron chi connectivity index (χ1n) is 8.79. The summed E-state index contributed by atoms with van der Waals surface area (Å²) in [6.45, 7) is 11.0. The van der Waals surface area contributed by atoms with Crippen LogP contribution in [-0.2, 0) is 4.79 Å². The molecule has 0 heterocycles. The van der Waals surface area contributed by atoms with Crippen LogP contribution < -0.4 is 16.0 Å². The molecule has 1 rings (SSSR count). The van der Waals surface area contributed by atoms with Gasteiger partial charge in [-0.25, -0.2) is 4.79 Å². The molecule has 0 aromatic heterocycles. The number of nitrogens with one attached hydrogen (secondary N) is 3. The minimum atomic E-state index is -0.455. The standard InChI is InChI=1S/C19H31N3O2/c1-6-14(5)15-8-10-16(11-9-15)18(13(3)4)21-12-17(23)22-19(24)20-7-2/h8-11,13-14,18,21H,6-7,12H2,1-5H3,(H2,20,22,23,24)/t14-,18+/m1/s1. The molecule has 24 heavy (non-hydrogen) atoms. The van der Waals surface area contributed by atoms with Crippen molar-refractivity contribution in [1.82, 2.24) is 16.0 Å². The van der Waals surface area contributed by atoms with E-state index in [1.807, 2.05) is 0 Å². The highest BCUT2D eigenvalue weighted by molar-refractivity contribution is 5.95. The third-order valence-electron chi connectivity index (χ3n) is 4.22. The maximum Gasteiger partial charge on any atom is 0.321 e. The molecule has 0 aliphatic rings. The van der Waals surface area contributed by atoms with Crippen molar-refractivity contribution >= 4 is 11.9 Å². The van der Waals surface area contributed by atoms with E-state index in [9.17, 15) is 9.59 Å². The van der Waals surface area contributed by atoms with Crippen LogP contribution in [0, 0.1) is 5.92 Å². The van der Waals surface area contributed by atoms with Gasteiger partial charge in [0.1, 0.15) is 0 Å². The summed E-state index contributed by atoms with van der Waals surface area (Å²) in [5.74, 6) is 0.548. The Morgan fingerprint density at radius 1 is 1.00 bits per heavy atom. The second kappa shape index (κ2) is 10.1. The second-order valence-electron chi connectivity index (χ2n) is 6.49. The summed E-state index contributed by atoms with van der Waals surface area (Å²) in [4.78, 5) is 23.2. The molecule has 0 aliphatic carbocycles. The van der Waals surface area contributed by atoms with Crippen LogP contribution in [0.1, 0.15) is 64.1 Å². The molecule has 3 amide bonds. The van der Waals surface area contributed by atoms with Crippen LogP contribution in [0.5, 0.6) is 0 Å². The molecule has 0 unspecified atom stereocenters. The molecule has 0 fully saturated rings. The van der Waals surface area contributed by atoms with Gasteiger partial charge in [-0.2, -0.15) is 0 Å². The molecule has 5 nitrogen and oxygen atoms in total. The Hall–Kier alpha value is -1.88. The zero-order valence-electron chi connectivity index (χ0n) is 15.5. The third kappa shape index (κ3) is 6.32. The van der Waals surface area contributed by atoms with Gasteiger partial charge in [-0.1, -0.05) is 52.0 Å². The lowest BCUT2D eigenvalue weighted by atomic mass is 9.92. The highest BCUT2D eigenvalue weighted by Gasteiger charge is 2.17. The average molecular weight is 333 g/mol. The van der Waals surface area contributed by atoms with E-state index >= 15 is 0 Å². The molecule has 0 saturated heterocycles. The maximum atomic E-state index is 11.8. The van der Waals surface area contributed by atoms with Crippen molar-refractivity contribution < 1.29 is 9.59 Å². The van der Waals surface area contributed by atoms with Gasteiger partial charge in [0.05, 0.1) is 6.54 Å². The van der Waals surface area contributed by atoms with E-state index < -0.39 is 6.03 Å². The number of rotatable bonds is 8. The maximum absolute atomic E-state index is 11.8. The lowest BCUT2D eigenvalue weighted by Crippen LogP contribution is -2.44. The molecular formula is C19H31N3O2. The number of carbonyl (C=O) groups excluding carboxylic acids is 2. The molecule has 0 spiro atoms. The number of imide groups is 1. The Kier molecular flexibility index (Phi) is 8.47. The van der Waals surface area contributed by atoms with Gasteiger partial charge in [-0.15, -0.1) is 0 Å². The lowest BCUT2D eigenvalue weighted by molar-refractivity contribution is -0.119. The lowest BCUT2D eigenvalue weighted by Gasteiger charge is -2.23. The Bertz CT molecular complexity index is 526. The molecule has 0 aliphatic heterocycles. The summed E-state index contributed by atoms with van der Waals surface area (Å²) in [6.07, 6.45) is 1.12. The highest BCUT2D eigenvalue weighted by Crippen LogP contribution is 2.25. The van der Waals surface area contributed by atoms with Crippen LogP contribution in [-0.4, -0.2) is 25.0 Å². The van der Waals surface area contributed by atoms with E-state index in [4.69, 9.17) is 0 Å². The van der Waals surface area contributed by atoms with E-state index in [-0.39, 0.29) is 18.5 Å². The molecule has 134 valence electrons. The smallest absolute Gasteiger partial charge is 0.321 e. The van der Waals surface area contributed by atoms with Crippen LogP contribution in [0.4, 0.5) is 4.79 Å². The van der Waals surface area contributed by atoms with Crippen molar-refractivity contribution in [3.05, 3.63) is 35.4 Å². The van der Waals surface area contributed by atoms with Crippen LogP contribution >= 0.6 is 0 Å². The molecule has 2 atom stereocenters. The molecule has 1 aromatic carbocycles. The molecular weight excluding hydrogens is 302 g/mol. The predicted octanol–water partition coefficient (Wildman–Crippen LogP) is 3.33. The van der Waals surface area contributed by atoms with Gasteiger partial charge in [0.2, 0.25) is 5.91 Å². The van der Waals surface area contributed by atoms with E-state index in [0.717, 1.165) is 12.0 Å². The topological polar surface area (TPSA) is 70.2 Å². The first kappa shape index (κ1) is 20.2. The predicted molar refractivity (Wildman–Crippen MR) is 97.9 cm³/mol. The summed E-state index contributed by atoms with van der Waals surface area (Å²) >= 11 is 0. The van der Waals surface area contributed by atoms with Crippen molar-refractivity contribution in [1.29, 1.82) is 0 Å². The largest absolute Gasteiger partial charge is 0.338 e. The van der Waals surface area contributed by atoms with Crippen molar-refractivity contribution in [2.45, 2.75) is 53.0 Å². The molecule has 5 heteroatoms. The molecule has 0 saturated carbocycles. The second-order valence-corrected chi connectivity index (χ2v) is 6.49. The van der Waals surface area contributed by atoms with Gasteiger partial charge >= 0.3 is 6.03 Å². The average Bonchev–Trinajstić information content (AvgIpc) is 2.54. The fourth-order valence-corrected chi connectivity index (χ4v) is 2.58. The third-order valence-corrected chi connectivity index (χ3v) is 4.22.